The first-order chi connectivity index (χ1) is 10.2. The van der Waals surface area contributed by atoms with E-state index in [0.29, 0.717) is 12.3 Å². The highest BCUT2D eigenvalue weighted by Crippen LogP contribution is 2.41. The first-order valence-corrected chi connectivity index (χ1v) is 8.93. The van der Waals surface area contributed by atoms with Gasteiger partial charge in [0.05, 0.1) is 12.2 Å². The summed E-state index contributed by atoms with van der Waals surface area (Å²) < 4.78 is 0. The van der Waals surface area contributed by atoms with Gasteiger partial charge < -0.3 is 10.2 Å². The van der Waals surface area contributed by atoms with Crippen molar-refractivity contribution in [1.82, 2.24) is 0 Å². The van der Waals surface area contributed by atoms with E-state index in [1.807, 2.05) is 0 Å². The van der Waals surface area contributed by atoms with Crippen LogP contribution in [-0.4, -0.2) is 22.4 Å². The maximum atomic E-state index is 9.94. The van der Waals surface area contributed by atoms with Crippen LogP contribution in [0.5, 0.6) is 0 Å². The lowest BCUT2D eigenvalue weighted by Gasteiger charge is -2.19. The van der Waals surface area contributed by atoms with Gasteiger partial charge in [-0.15, -0.1) is 0 Å². The summed E-state index contributed by atoms with van der Waals surface area (Å²) in [6, 6.07) is 0. The Balaban J connectivity index is 1.50. The minimum atomic E-state index is -0.336. The van der Waals surface area contributed by atoms with E-state index in [2.05, 4.69) is 24.3 Å². The molecule has 3 aliphatic rings. The van der Waals surface area contributed by atoms with Gasteiger partial charge in [-0.2, -0.15) is 0 Å². The summed E-state index contributed by atoms with van der Waals surface area (Å²) in [5.41, 5.74) is 0. The van der Waals surface area contributed by atoms with Crippen molar-refractivity contribution in [3.8, 4) is 0 Å². The van der Waals surface area contributed by atoms with Gasteiger partial charge in [0.1, 0.15) is 0 Å². The van der Waals surface area contributed by atoms with Crippen LogP contribution in [0.15, 0.2) is 24.3 Å². The molecule has 0 spiro atoms. The average molecular weight is 290 g/mol. The number of hydrogen-bond donors (Lipinski definition) is 2. The Labute approximate surface area is 128 Å². The van der Waals surface area contributed by atoms with Crippen molar-refractivity contribution in [2.75, 3.05) is 0 Å². The summed E-state index contributed by atoms with van der Waals surface area (Å²) in [5.74, 6) is 2.56. The summed E-state index contributed by atoms with van der Waals surface area (Å²) in [6.45, 7) is 0. The van der Waals surface area contributed by atoms with Crippen LogP contribution in [0.3, 0.4) is 0 Å². The van der Waals surface area contributed by atoms with Crippen molar-refractivity contribution in [2.24, 2.45) is 23.7 Å². The van der Waals surface area contributed by atoms with Crippen LogP contribution in [0.1, 0.15) is 57.8 Å². The van der Waals surface area contributed by atoms with E-state index in [1.165, 1.54) is 44.9 Å². The van der Waals surface area contributed by atoms with Crippen molar-refractivity contribution < 1.29 is 10.2 Å². The smallest absolute Gasteiger partial charge is 0.0628 e. The van der Waals surface area contributed by atoms with Gasteiger partial charge in [0.15, 0.2) is 0 Å². The fraction of sp³-hybridized carbons (Fsp3) is 0.789. The number of aliphatic hydroxyl groups excluding tert-OH is 2. The monoisotopic (exact) mass is 290 g/mol. The van der Waals surface area contributed by atoms with Crippen molar-refractivity contribution in [3.63, 3.8) is 0 Å². The van der Waals surface area contributed by atoms with Gasteiger partial charge >= 0.3 is 0 Å². The molecule has 3 rings (SSSR count). The molecular weight excluding hydrogens is 260 g/mol. The van der Waals surface area contributed by atoms with Crippen LogP contribution in [0.2, 0.25) is 0 Å². The summed E-state index contributed by atoms with van der Waals surface area (Å²) in [5, 5.41) is 19.6. The highest BCUT2D eigenvalue weighted by atomic mass is 16.3. The Bertz CT molecular complexity index is 383. The van der Waals surface area contributed by atoms with Crippen LogP contribution in [0, 0.1) is 23.7 Å². The molecule has 2 heteroatoms. The van der Waals surface area contributed by atoms with Crippen LogP contribution in [-0.2, 0) is 0 Å². The number of allylic oxidation sites excluding steroid dienone is 3. The third-order valence-corrected chi connectivity index (χ3v) is 5.61. The second-order valence-electron chi connectivity index (χ2n) is 7.44. The lowest BCUT2D eigenvalue weighted by atomic mass is 9.86. The predicted octanol–water partition coefficient (Wildman–Crippen LogP) is 3.84. The molecule has 2 nitrogen and oxygen atoms in total. The van der Waals surface area contributed by atoms with Crippen LogP contribution >= 0.6 is 0 Å². The number of rotatable bonds is 6. The summed E-state index contributed by atoms with van der Waals surface area (Å²) in [7, 11) is 0. The Morgan fingerprint density at radius 3 is 2.62 bits per heavy atom. The third kappa shape index (κ3) is 4.43. The lowest BCUT2D eigenvalue weighted by Crippen LogP contribution is -2.11. The fourth-order valence-corrected chi connectivity index (χ4v) is 4.06. The van der Waals surface area contributed by atoms with Crippen molar-refractivity contribution in [1.29, 1.82) is 0 Å². The predicted molar refractivity (Wildman–Crippen MR) is 85.8 cm³/mol. The number of hydrogen-bond acceptors (Lipinski definition) is 2. The standard InChI is InChI=1S/C19H30O2/c20-18-12-17(19(21)13-18)11-10-15(16-8-9-16)7-6-14-4-2-1-3-5-14/h2,4,10-11,14-21H,1,3,5-9,12-13H2/b11-10+/t14-,15+,17+,18+,19+/m0/s1. The van der Waals surface area contributed by atoms with Gasteiger partial charge in [-0.25, -0.2) is 0 Å². The van der Waals surface area contributed by atoms with E-state index < -0.39 is 0 Å². The van der Waals surface area contributed by atoms with E-state index in [1.54, 1.807) is 0 Å². The molecule has 2 saturated carbocycles. The molecule has 0 aromatic carbocycles. The van der Waals surface area contributed by atoms with Crippen LogP contribution in [0.25, 0.3) is 0 Å². The van der Waals surface area contributed by atoms with E-state index >= 15 is 0 Å². The molecule has 21 heavy (non-hydrogen) atoms. The molecule has 5 atom stereocenters. The second kappa shape index (κ2) is 7.11. The molecule has 118 valence electrons. The quantitative estimate of drug-likeness (QED) is 0.730. The molecule has 0 saturated heterocycles. The molecule has 3 aliphatic carbocycles. The Kier molecular flexibility index (Phi) is 5.18. The minimum absolute atomic E-state index is 0.177. The van der Waals surface area contributed by atoms with Crippen molar-refractivity contribution >= 4 is 0 Å². The van der Waals surface area contributed by atoms with Gasteiger partial charge in [0.25, 0.3) is 0 Å². The normalized spacial score (nSPS) is 38.2. The first-order valence-electron chi connectivity index (χ1n) is 8.93. The van der Waals surface area contributed by atoms with E-state index in [9.17, 15) is 10.2 Å². The molecule has 0 heterocycles. The van der Waals surface area contributed by atoms with Gasteiger partial charge in [-0.1, -0.05) is 24.3 Å². The molecular formula is C19H30O2. The van der Waals surface area contributed by atoms with Crippen LogP contribution in [0.4, 0.5) is 0 Å². The summed E-state index contributed by atoms with van der Waals surface area (Å²) in [4.78, 5) is 0. The SMILES string of the molecule is O[C@H]1C[C@@H](O)[C@H](/C=C/[C@@H](CC[C@H]2C=CCCC2)C2CC2)C1. The molecule has 2 N–H and O–H groups in total. The van der Waals surface area contributed by atoms with Gasteiger partial charge in [0.2, 0.25) is 0 Å². The maximum absolute atomic E-state index is 9.94. The number of aliphatic hydroxyl groups is 2. The topological polar surface area (TPSA) is 40.5 Å². The zero-order valence-electron chi connectivity index (χ0n) is 13.0. The molecule has 0 amide bonds. The third-order valence-electron chi connectivity index (χ3n) is 5.61. The summed E-state index contributed by atoms with van der Waals surface area (Å²) >= 11 is 0. The van der Waals surface area contributed by atoms with Gasteiger partial charge in [-0.05, 0) is 75.5 Å². The van der Waals surface area contributed by atoms with Gasteiger partial charge in [-0.3, -0.25) is 0 Å². The van der Waals surface area contributed by atoms with Crippen LogP contribution < -0.4 is 0 Å². The molecule has 0 bridgehead atoms. The Hall–Kier alpha value is -0.600. The highest BCUT2D eigenvalue weighted by Gasteiger charge is 2.32. The van der Waals surface area contributed by atoms with Crippen molar-refractivity contribution in [2.45, 2.75) is 70.0 Å². The summed E-state index contributed by atoms with van der Waals surface area (Å²) in [6.07, 6.45) is 19.4. The first kappa shape index (κ1) is 15.3. The minimum Gasteiger partial charge on any atom is -0.393 e. The largest absolute Gasteiger partial charge is 0.393 e. The van der Waals surface area contributed by atoms with Gasteiger partial charge in [0, 0.05) is 5.92 Å². The molecule has 0 radical (unpaired) electrons. The zero-order chi connectivity index (χ0) is 14.7. The van der Waals surface area contributed by atoms with E-state index in [4.69, 9.17) is 0 Å². The molecule has 0 aromatic rings. The molecule has 0 aromatic heterocycles. The Morgan fingerprint density at radius 1 is 1.14 bits per heavy atom. The second-order valence-corrected chi connectivity index (χ2v) is 7.44. The molecule has 0 aliphatic heterocycles. The van der Waals surface area contributed by atoms with E-state index in [-0.39, 0.29) is 18.1 Å². The van der Waals surface area contributed by atoms with Crippen molar-refractivity contribution in [3.05, 3.63) is 24.3 Å². The fourth-order valence-electron chi connectivity index (χ4n) is 4.06. The van der Waals surface area contributed by atoms with E-state index in [0.717, 1.165) is 18.3 Å². The maximum Gasteiger partial charge on any atom is 0.0628 e. The lowest BCUT2D eigenvalue weighted by molar-refractivity contribution is 0.129. The highest BCUT2D eigenvalue weighted by molar-refractivity contribution is 5.03. The Morgan fingerprint density at radius 2 is 2.00 bits per heavy atom. The molecule has 0 unspecified atom stereocenters. The average Bonchev–Trinajstić information content (AvgIpc) is 3.26. The zero-order valence-corrected chi connectivity index (χ0v) is 13.0. The molecule has 2 fully saturated rings.